The van der Waals surface area contributed by atoms with Crippen molar-refractivity contribution in [1.82, 2.24) is 24.0 Å². The highest BCUT2D eigenvalue weighted by molar-refractivity contribution is 7.89. The molecule has 3 heterocycles. The molecule has 0 spiro atoms. The van der Waals surface area contributed by atoms with E-state index < -0.39 is 27.9 Å². The Morgan fingerprint density at radius 1 is 0.898 bits per heavy atom. The van der Waals surface area contributed by atoms with Crippen LogP contribution in [-0.4, -0.2) is 89.1 Å². The van der Waals surface area contributed by atoms with Crippen LogP contribution in [0.25, 0.3) is 16.5 Å². The zero-order chi connectivity index (χ0) is 41.7. The zero-order valence-electron chi connectivity index (χ0n) is 33.7. The van der Waals surface area contributed by atoms with Gasteiger partial charge in [0.15, 0.2) is 5.69 Å². The Hall–Kier alpha value is -5.08. The van der Waals surface area contributed by atoms with Crippen molar-refractivity contribution in [3.63, 3.8) is 0 Å². The summed E-state index contributed by atoms with van der Waals surface area (Å²) >= 11 is 6.88. The summed E-state index contributed by atoms with van der Waals surface area (Å²) in [4.78, 5) is 52.6. The van der Waals surface area contributed by atoms with Gasteiger partial charge in [0, 0.05) is 38.3 Å². The average molecular weight is 840 g/mol. The lowest BCUT2D eigenvalue weighted by Gasteiger charge is -2.30. The normalized spacial score (nSPS) is 15.3. The van der Waals surface area contributed by atoms with Crippen molar-refractivity contribution in [3.05, 3.63) is 124 Å². The lowest BCUT2D eigenvalue weighted by molar-refractivity contribution is -0.0938. The number of halogens is 1. The zero-order valence-corrected chi connectivity index (χ0v) is 35.3. The SMILES string of the molecule is CCCCN(CCCC)C(=O)c1nn(-c2ccc(C(=O)N(OCC3CCCO3)S(=O)(=O)c3ccc4ccccc4c3)cc2C(=O)N2CCc3ccccc3C2)c(C)c1Cl. The molecule has 2 aliphatic rings. The number of ether oxygens (including phenoxy) is 1. The Kier molecular flexibility index (Phi) is 13.2. The molecule has 3 amide bonds. The van der Waals surface area contributed by atoms with Crippen LogP contribution in [0.5, 0.6) is 0 Å². The molecule has 1 fully saturated rings. The summed E-state index contributed by atoms with van der Waals surface area (Å²) < 4.78 is 36.4. The lowest BCUT2D eigenvalue weighted by Crippen LogP contribution is -2.39. The standard InChI is InChI=1S/C45H50ClN5O7S/c1-4-6-23-48(24-7-5-2)45(54)42-41(46)31(3)50(47-42)40-21-19-35(28-39(40)44(53)49-25-22-33-14-9-11-16-36(33)29-49)43(52)51(58-30-37-17-12-26-57-37)59(55,56)38-20-18-32-13-8-10-15-34(32)27-38/h8-11,13-16,18-21,27-28,37H,4-7,12,17,22-26,29-30H2,1-3H3. The van der Waals surface area contributed by atoms with Gasteiger partial charge in [0.2, 0.25) is 0 Å². The summed E-state index contributed by atoms with van der Waals surface area (Å²) in [5, 5.41) is 6.38. The molecule has 2 aliphatic heterocycles. The predicted molar refractivity (Wildman–Crippen MR) is 226 cm³/mol. The highest BCUT2D eigenvalue weighted by Crippen LogP contribution is 2.31. The number of rotatable bonds is 15. The molecular formula is C45H50ClN5O7S. The Balaban J connectivity index is 1.31. The minimum absolute atomic E-state index is 0.0667. The summed E-state index contributed by atoms with van der Waals surface area (Å²) in [6, 6.07) is 24.2. The van der Waals surface area contributed by atoms with E-state index in [4.69, 9.17) is 26.3 Å². The number of carbonyl (C=O) groups excluding carboxylic acids is 3. The summed E-state index contributed by atoms with van der Waals surface area (Å²) in [6.07, 6.45) is 5.13. The second-order valence-electron chi connectivity index (χ2n) is 15.1. The van der Waals surface area contributed by atoms with Crippen molar-refractivity contribution in [1.29, 1.82) is 0 Å². The number of unbranched alkanes of at least 4 members (excludes halogenated alkanes) is 2. The fraction of sp³-hybridized carbons (Fsp3) is 0.378. The summed E-state index contributed by atoms with van der Waals surface area (Å²) in [6.45, 7) is 8.03. The summed E-state index contributed by atoms with van der Waals surface area (Å²) in [5.74, 6) is -1.70. The molecule has 1 unspecified atom stereocenters. The maximum absolute atomic E-state index is 14.8. The van der Waals surface area contributed by atoms with Gasteiger partial charge in [0.05, 0.1) is 33.0 Å². The highest BCUT2D eigenvalue weighted by Gasteiger charge is 2.35. The smallest absolute Gasteiger partial charge is 0.292 e. The van der Waals surface area contributed by atoms with Gasteiger partial charge in [-0.25, -0.2) is 4.68 Å². The quantitative estimate of drug-likeness (QED) is 0.0966. The number of fused-ring (bicyclic) bond motifs is 2. The van der Waals surface area contributed by atoms with Crippen molar-refractivity contribution in [2.45, 2.75) is 83.3 Å². The van der Waals surface area contributed by atoms with Crippen molar-refractivity contribution in [3.8, 4) is 5.69 Å². The number of hydrogen-bond donors (Lipinski definition) is 0. The average Bonchev–Trinajstić information content (AvgIpc) is 3.89. The topological polar surface area (TPSA) is 131 Å². The highest BCUT2D eigenvalue weighted by atomic mass is 35.5. The van der Waals surface area contributed by atoms with Crippen LogP contribution in [0.3, 0.4) is 0 Å². The molecular weight excluding hydrogens is 790 g/mol. The van der Waals surface area contributed by atoms with E-state index in [-0.39, 0.29) is 44.9 Å². The largest absolute Gasteiger partial charge is 0.376 e. The molecule has 0 radical (unpaired) electrons. The lowest BCUT2D eigenvalue weighted by atomic mass is 9.98. The maximum Gasteiger partial charge on any atom is 0.292 e. The number of aromatic nitrogens is 2. The van der Waals surface area contributed by atoms with E-state index in [1.54, 1.807) is 34.9 Å². The van der Waals surface area contributed by atoms with Gasteiger partial charge in [0.25, 0.3) is 27.7 Å². The second kappa shape index (κ2) is 18.5. The van der Waals surface area contributed by atoms with E-state index in [1.807, 2.05) is 36.4 Å². The molecule has 1 atom stereocenters. The van der Waals surface area contributed by atoms with E-state index in [0.29, 0.717) is 61.2 Å². The molecule has 310 valence electrons. The molecule has 12 nitrogen and oxygen atoms in total. The molecule has 1 saturated heterocycles. The first-order valence-electron chi connectivity index (χ1n) is 20.4. The molecule has 59 heavy (non-hydrogen) atoms. The Morgan fingerprint density at radius 3 is 2.32 bits per heavy atom. The van der Waals surface area contributed by atoms with Gasteiger partial charge in [-0.15, -0.1) is 4.47 Å². The molecule has 14 heteroatoms. The molecule has 0 N–H and O–H groups in total. The number of sulfonamides is 1. The third-order valence-corrected chi connectivity index (χ3v) is 13.0. The maximum atomic E-state index is 14.8. The van der Waals surface area contributed by atoms with Crippen LogP contribution in [0, 0.1) is 6.92 Å². The molecule has 5 aromatic rings. The van der Waals surface area contributed by atoms with Gasteiger partial charge in [-0.3, -0.25) is 19.2 Å². The van der Waals surface area contributed by atoms with Crippen LogP contribution in [0.1, 0.15) is 100 Å². The second-order valence-corrected chi connectivity index (χ2v) is 17.2. The summed E-state index contributed by atoms with van der Waals surface area (Å²) in [5.41, 5.74) is 2.89. The van der Waals surface area contributed by atoms with Gasteiger partial charge >= 0.3 is 0 Å². The summed E-state index contributed by atoms with van der Waals surface area (Å²) in [7, 11) is -4.59. The molecule has 0 saturated carbocycles. The number of amides is 3. The van der Waals surface area contributed by atoms with Crippen molar-refractivity contribution >= 4 is 50.1 Å². The first-order chi connectivity index (χ1) is 28.5. The van der Waals surface area contributed by atoms with Crippen LogP contribution < -0.4 is 0 Å². The third-order valence-electron chi connectivity index (χ3n) is 11.0. The number of carbonyl (C=O) groups is 3. The molecule has 1 aromatic heterocycles. The van der Waals surface area contributed by atoms with Gasteiger partial charge in [-0.05, 0) is 91.3 Å². The van der Waals surface area contributed by atoms with Crippen LogP contribution in [0.2, 0.25) is 5.02 Å². The fourth-order valence-electron chi connectivity index (χ4n) is 7.57. The van der Waals surface area contributed by atoms with Crippen molar-refractivity contribution in [2.24, 2.45) is 0 Å². The first-order valence-corrected chi connectivity index (χ1v) is 22.2. The number of hydrogen-bond acceptors (Lipinski definition) is 8. The Bertz CT molecular complexity index is 2460. The van der Waals surface area contributed by atoms with Crippen LogP contribution in [-0.2, 0) is 32.6 Å². The number of hydroxylamine groups is 1. The van der Waals surface area contributed by atoms with Crippen LogP contribution >= 0.6 is 11.6 Å². The van der Waals surface area contributed by atoms with Crippen molar-refractivity contribution in [2.75, 3.05) is 32.8 Å². The number of nitrogens with zero attached hydrogens (tertiary/aromatic N) is 5. The van der Waals surface area contributed by atoms with Gasteiger partial charge in [0.1, 0.15) is 6.61 Å². The monoisotopic (exact) mass is 839 g/mol. The molecule has 0 aliphatic carbocycles. The minimum atomic E-state index is -4.59. The van der Waals surface area contributed by atoms with E-state index in [0.717, 1.165) is 48.6 Å². The van der Waals surface area contributed by atoms with E-state index in [1.165, 1.54) is 35.0 Å². The molecule has 4 aromatic carbocycles. The van der Waals surface area contributed by atoms with Gasteiger partial charge < -0.3 is 14.5 Å². The molecule has 7 rings (SSSR count). The molecule has 0 bridgehead atoms. The fourth-order valence-corrected chi connectivity index (χ4v) is 9.00. The van der Waals surface area contributed by atoms with E-state index in [2.05, 4.69) is 13.8 Å². The van der Waals surface area contributed by atoms with E-state index in [9.17, 15) is 22.8 Å². The van der Waals surface area contributed by atoms with Crippen LogP contribution in [0.15, 0.2) is 89.8 Å². The predicted octanol–water partition coefficient (Wildman–Crippen LogP) is 8.17. The minimum Gasteiger partial charge on any atom is -0.376 e. The Morgan fingerprint density at radius 2 is 1.61 bits per heavy atom. The Labute approximate surface area is 350 Å². The van der Waals surface area contributed by atoms with Crippen LogP contribution in [0.4, 0.5) is 0 Å². The van der Waals surface area contributed by atoms with E-state index >= 15 is 0 Å². The van der Waals surface area contributed by atoms with Gasteiger partial charge in [-0.1, -0.05) is 92.9 Å². The van der Waals surface area contributed by atoms with Crippen molar-refractivity contribution < 1.29 is 32.4 Å². The third kappa shape index (κ3) is 8.94. The van der Waals surface area contributed by atoms with Gasteiger partial charge in [-0.2, -0.15) is 13.5 Å². The first kappa shape index (κ1) is 42.1. The number of benzene rings is 4.